The van der Waals surface area contributed by atoms with Crippen LogP contribution in [0.1, 0.15) is 25.0 Å². The van der Waals surface area contributed by atoms with Gasteiger partial charge in [0.05, 0.1) is 14.2 Å². The number of ether oxygens (including phenoxy) is 9. The van der Waals surface area contributed by atoms with Gasteiger partial charge in [0.1, 0.15) is 50.3 Å². The Morgan fingerprint density at radius 3 is 1.84 bits per heavy atom. The summed E-state index contributed by atoms with van der Waals surface area (Å²) in [5, 5.41) is 63.6. The zero-order valence-corrected chi connectivity index (χ0v) is 30.0. The highest BCUT2D eigenvalue weighted by atomic mass is 16.8. The summed E-state index contributed by atoms with van der Waals surface area (Å²) >= 11 is 0. The summed E-state index contributed by atoms with van der Waals surface area (Å²) in [6.07, 6.45) is -9.72. The molecule has 4 rings (SSSR count). The SMILES string of the molecule is COc1cc(/C=C/C(=O)OC[C@H]2O[C@@](CO)(O[C@H]3O[C@H](COC(C)=O)[C@@H](OC(C)=O)[C@H](O)[C@H]3O)[C@@H](OC(=O)/C=C/c3ccc(O)c(OC)c3)[C@@H]2O)ccc1O. The van der Waals surface area contributed by atoms with Gasteiger partial charge in [-0.15, -0.1) is 0 Å². The molecule has 0 amide bonds. The van der Waals surface area contributed by atoms with Crippen LogP contribution in [0.4, 0.5) is 0 Å². The summed E-state index contributed by atoms with van der Waals surface area (Å²) in [5.74, 6) is -6.28. The van der Waals surface area contributed by atoms with E-state index in [1.54, 1.807) is 0 Å². The standard InChI is InChI=1S/C36H42O19/c1-18(38)49-16-27-33(51-19(2)39)31(45)32(46)35(52-27)55-36(17-37)34(53-29(43)12-8-21-6-10-23(41)25(14-21)48-4)30(44)26(54-36)15-50-28(42)11-7-20-5-9-22(40)24(13-20)47-3/h5-14,26-27,30-35,37,40-41,44-46H,15-17H2,1-4H3/b11-7+,12-8+/t26-,27-,30-,31-,32-,33-,34+,35-,36+/m1/s1. The molecule has 300 valence electrons. The molecule has 2 heterocycles. The Hall–Kier alpha value is -5.28. The average molecular weight is 779 g/mol. The molecule has 0 aromatic heterocycles. The van der Waals surface area contributed by atoms with E-state index in [1.165, 1.54) is 62.8 Å². The van der Waals surface area contributed by atoms with Gasteiger partial charge < -0.3 is 73.3 Å². The van der Waals surface area contributed by atoms with E-state index < -0.39 is 98.5 Å². The van der Waals surface area contributed by atoms with Crippen LogP contribution in [0.25, 0.3) is 12.2 Å². The van der Waals surface area contributed by atoms with Crippen LogP contribution >= 0.6 is 0 Å². The third-order valence-corrected chi connectivity index (χ3v) is 8.27. The zero-order chi connectivity index (χ0) is 40.4. The zero-order valence-electron chi connectivity index (χ0n) is 30.0. The number of carbonyl (C=O) groups is 4. The Morgan fingerprint density at radius 2 is 1.31 bits per heavy atom. The number of hydrogen-bond donors (Lipinski definition) is 6. The van der Waals surface area contributed by atoms with Crippen LogP contribution in [0.5, 0.6) is 23.0 Å². The monoisotopic (exact) mass is 778 g/mol. The molecule has 2 aromatic carbocycles. The molecule has 0 unspecified atom stereocenters. The predicted octanol–water partition coefficient (Wildman–Crippen LogP) is -0.297. The smallest absolute Gasteiger partial charge is 0.331 e. The van der Waals surface area contributed by atoms with Crippen molar-refractivity contribution in [2.24, 2.45) is 0 Å². The lowest BCUT2D eigenvalue weighted by Crippen LogP contribution is -2.64. The molecule has 0 saturated carbocycles. The van der Waals surface area contributed by atoms with Crippen LogP contribution < -0.4 is 9.47 Å². The van der Waals surface area contributed by atoms with Gasteiger partial charge in [0.25, 0.3) is 0 Å². The molecule has 9 atom stereocenters. The molecule has 19 nitrogen and oxygen atoms in total. The van der Waals surface area contributed by atoms with Gasteiger partial charge in [-0.3, -0.25) is 9.59 Å². The highest BCUT2D eigenvalue weighted by Crippen LogP contribution is 2.39. The van der Waals surface area contributed by atoms with Crippen LogP contribution in [0.2, 0.25) is 0 Å². The summed E-state index contributed by atoms with van der Waals surface area (Å²) in [6, 6.07) is 8.47. The molecule has 0 aliphatic carbocycles. The number of rotatable bonds is 15. The third-order valence-electron chi connectivity index (χ3n) is 8.27. The van der Waals surface area contributed by atoms with Crippen molar-refractivity contribution in [2.45, 2.75) is 68.7 Å². The second-order valence-corrected chi connectivity index (χ2v) is 12.2. The van der Waals surface area contributed by atoms with Crippen molar-refractivity contribution in [3.8, 4) is 23.0 Å². The van der Waals surface area contributed by atoms with E-state index in [-0.39, 0.29) is 23.0 Å². The minimum atomic E-state index is -2.58. The summed E-state index contributed by atoms with van der Waals surface area (Å²) in [5.41, 5.74) is 0.843. The fourth-order valence-electron chi connectivity index (χ4n) is 5.57. The number of aliphatic hydroxyl groups is 4. The Morgan fingerprint density at radius 1 is 0.745 bits per heavy atom. The second-order valence-electron chi connectivity index (χ2n) is 12.2. The van der Waals surface area contributed by atoms with Gasteiger partial charge in [0, 0.05) is 26.0 Å². The van der Waals surface area contributed by atoms with E-state index in [1.807, 2.05) is 0 Å². The number of aliphatic hydroxyl groups excluding tert-OH is 4. The Kier molecular flexibility index (Phi) is 14.6. The van der Waals surface area contributed by atoms with Crippen LogP contribution in [0.15, 0.2) is 48.6 Å². The van der Waals surface area contributed by atoms with Gasteiger partial charge in [-0.25, -0.2) is 9.59 Å². The number of carbonyl (C=O) groups excluding carboxylic acids is 4. The van der Waals surface area contributed by atoms with Crippen LogP contribution in [-0.2, 0) is 52.3 Å². The van der Waals surface area contributed by atoms with Crippen LogP contribution in [0, 0.1) is 0 Å². The molecule has 19 heteroatoms. The van der Waals surface area contributed by atoms with Gasteiger partial charge >= 0.3 is 23.9 Å². The molecule has 2 saturated heterocycles. The van der Waals surface area contributed by atoms with Crippen molar-refractivity contribution < 1.29 is 92.4 Å². The molecule has 2 aromatic rings. The first-order chi connectivity index (χ1) is 26.1. The Labute approximate surface area is 313 Å². The molecule has 0 radical (unpaired) electrons. The molecule has 0 bridgehead atoms. The quantitative estimate of drug-likeness (QED) is 0.0770. The van der Waals surface area contributed by atoms with Crippen molar-refractivity contribution in [3.63, 3.8) is 0 Å². The molecule has 2 aliphatic heterocycles. The topological polar surface area (TPSA) is 273 Å². The van der Waals surface area contributed by atoms with Crippen molar-refractivity contribution in [3.05, 3.63) is 59.7 Å². The van der Waals surface area contributed by atoms with Crippen molar-refractivity contribution >= 4 is 36.0 Å². The molecular weight excluding hydrogens is 736 g/mol. The number of methoxy groups -OCH3 is 2. The van der Waals surface area contributed by atoms with Gasteiger partial charge in [0.2, 0.25) is 5.79 Å². The number of phenolic OH excluding ortho intramolecular Hbond substituents is 2. The van der Waals surface area contributed by atoms with E-state index in [0.29, 0.717) is 11.1 Å². The van der Waals surface area contributed by atoms with Gasteiger partial charge in [0.15, 0.2) is 41.5 Å². The lowest BCUT2D eigenvalue weighted by atomic mass is 9.98. The highest BCUT2D eigenvalue weighted by Gasteiger charge is 2.61. The fourth-order valence-corrected chi connectivity index (χ4v) is 5.57. The largest absolute Gasteiger partial charge is 0.504 e. The molecule has 6 N–H and O–H groups in total. The first kappa shape index (κ1) is 42.5. The van der Waals surface area contributed by atoms with Crippen LogP contribution in [0.3, 0.4) is 0 Å². The summed E-state index contributed by atoms with van der Waals surface area (Å²) in [7, 11) is 2.67. The maximum atomic E-state index is 13.1. The maximum absolute atomic E-state index is 13.1. The van der Waals surface area contributed by atoms with E-state index >= 15 is 0 Å². The van der Waals surface area contributed by atoms with Gasteiger partial charge in [-0.05, 0) is 47.5 Å². The lowest BCUT2D eigenvalue weighted by Gasteiger charge is -2.44. The summed E-state index contributed by atoms with van der Waals surface area (Å²) in [4.78, 5) is 49.1. The minimum absolute atomic E-state index is 0.106. The molecule has 2 aliphatic rings. The molecule has 0 spiro atoms. The number of esters is 4. The van der Waals surface area contributed by atoms with E-state index in [9.17, 15) is 49.8 Å². The second kappa shape index (κ2) is 18.8. The van der Waals surface area contributed by atoms with Crippen molar-refractivity contribution in [2.75, 3.05) is 34.0 Å². The molecular formula is C36H42O19. The van der Waals surface area contributed by atoms with Gasteiger partial charge in [-0.1, -0.05) is 12.1 Å². The number of phenols is 2. The molecule has 2 fully saturated rings. The first-order valence-electron chi connectivity index (χ1n) is 16.6. The Bertz CT molecular complexity index is 1740. The third kappa shape index (κ3) is 10.7. The predicted molar refractivity (Wildman–Crippen MR) is 183 cm³/mol. The summed E-state index contributed by atoms with van der Waals surface area (Å²) in [6.45, 7) is -0.389. The van der Waals surface area contributed by atoms with E-state index in [2.05, 4.69) is 0 Å². The molecule has 55 heavy (non-hydrogen) atoms. The number of benzene rings is 2. The van der Waals surface area contributed by atoms with Gasteiger partial charge in [-0.2, -0.15) is 0 Å². The minimum Gasteiger partial charge on any atom is -0.504 e. The number of aromatic hydroxyl groups is 2. The maximum Gasteiger partial charge on any atom is 0.331 e. The average Bonchev–Trinajstić information content (AvgIpc) is 3.41. The van der Waals surface area contributed by atoms with Crippen molar-refractivity contribution in [1.82, 2.24) is 0 Å². The Balaban J connectivity index is 1.59. The first-order valence-corrected chi connectivity index (χ1v) is 16.6. The lowest BCUT2D eigenvalue weighted by molar-refractivity contribution is -0.383. The van der Waals surface area contributed by atoms with E-state index in [0.717, 1.165) is 26.0 Å². The van der Waals surface area contributed by atoms with E-state index in [4.69, 9.17) is 42.6 Å². The fraction of sp³-hybridized carbons (Fsp3) is 0.444. The van der Waals surface area contributed by atoms with Crippen LogP contribution in [-0.4, -0.2) is 143 Å². The number of hydrogen-bond acceptors (Lipinski definition) is 19. The highest BCUT2D eigenvalue weighted by molar-refractivity contribution is 5.88. The van der Waals surface area contributed by atoms with Crippen molar-refractivity contribution in [1.29, 1.82) is 0 Å². The normalized spacial score (nSPS) is 27.8. The summed E-state index contributed by atoms with van der Waals surface area (Å²) < 4.78 is 48.3.